The molecule has 2 aliphatic rings. The summed E-state index contributed by atoms with van der Waals surface area (Å²) in [5, 5.41) is 13.6. The summed E-state index contributed by atoms with van der Waals surface area (Å²) in [6.07, 6.45) is 3.46. The zero-order chi connectivity index (χ0) is 15.5. The molecule has 0 bridgehead atoms. The van der Waals surface area contributed by atoms with E-state index in [9.17, 15) is 9.90 Å². The number of hydrogen-bond acceptors (Lipinski definition) is 3. The lowest BCUT2D eigenvalue weighted by Gasteiger charge is -2.32. The van der Waals surface area contributed by atoms with E-state index in [1.54, 1.807) is 24.3 Å². The maximum Gasteiger partial charge on any atom is 0.253 e. The molecule has 22 heavy (non-hydrogen) atoms. The first kappa shape index (κ1) is 15.8. The molecule has 1 aromatic carbocycles. The standard InChI is InChI=1S/C17H23ClN2O2/c18-15-4-2-1-3-14(15)16(21)17(22)19-13-7-9-20(10-8-13)11-12-5-6-12/h1-4,12-13,16,21H,5-11H2,(H,19,22)/t16-/m1/s1. The van der Waals surface area contributed by atoms with Crippen LogP contribution in [0, 0.1) is 5.92 Å². The number of halogens is 1. The molecule has 0 radical (unpaired) electrons. The van der Waals surface area contributed by atoms with Crippen LogP contribution < -0.4 is 5.32 Å². The summed E-state index contributed by atoms with van der Waals surface area (Å²) < 4.78 is 0. The maximum absolute atomic E-state index is 12.2. The van der Waals surface area contributed by atoms with Crippen LogP contribution in [0.3, 0.4) is 0 Å². The van der Waals surface area contributed by atoms with E-state index in [1.807, 2.05) is 0 Å². The van der Waals surface area contributed by atoms with Crippen LogP contribution in [-0.2, 0) is 4.79 Å². The maximum atomic E-state index is 12.2. The van der Waals surface area contributed by atoms with Gasteiger partial charge in [-0.05, 0) is 37.7 Å². The second-order valence-corrected chi connectivity index (χ2v) is 6.86. The van der Waals surface area contributed by atoms with Crippen LogP contribution in [0.2, 0.25) is 5.02 Å². The number of nitrogens with zero attached hydrogens (tertiary/aromatic N) is 1. The Morgan fingerprint density at radius 1 is 1.27 bits per heavy atom. The normalized spacial score (nSPS) is 21.5. The van der Waals surface area contributed by atoms with Crippen molar-refractivity contribution in [2.75, 3.05) is 19.6 Å². The molecule has 4 nitrogen and oxygen atoms in total. The molecular formula is C17H23ClN2O2. The largest absolute Gasteiger partial charge is 0.378 e. The lowest BCUT2D eigenvalue weighted by atomic mass is 10.0. The van der Waals surface area contributed by atoms with Gasteiger partial charge in [0.1, 0.15) is 0 Å². The summed E-state index contributed by atoms with van der Waals surface area (Å²) >= 11 is 6.03. The molecule has 2 fully saturated rings. The summed E-state index contributed by atoms with van der Waals surface area (Å²) in [5.41, 5.74) is 0.466. The van der Waals surface area contributed by atoms with Gasteiger partial charge in [0.2, 0.25) is 0 Å². The SMILES string of the molecule is O=C(NC1CCN(CC2CC2)CC1)[C@H](O)c1ccccc1Cl. The van der Waals surface area contributed by atoms with Gasteiger partial charge in [0.25, 0.3) is 5.91 Å². The molecule has 1 aliphatic heterocycles. The minimum Gasteiger partial charge on any atom is -0.378 e. The number of rotatable bonds is 5. The van der Waals surface area contributed by atoms with E-state index in [4.69, 9.17) is 11.6 Å². The van der Waals surface area contributed by atoms with Crippen molar-refractivity contribution >= 4 is 17.5 Å². The predicted octanol–water partition coefficient (Wildman–Crippen LogP) is 2.36. The quantitative estimate of drug-likeness (QED) is 0.875. The fourth-order valence-electron chi connectivity index (χ4n) is 3.04. The first-order valence-electron chi connectivity index (χ1n) is 8.08. The van der Waals surface area contributed by atoms with Crippen molar-refractivity contribution in [3.05, 3.63) is 34.9 Å². The second-order valence-electron chi connectivity index (χ2n) is 6.45. The van der Waals surface area contributed by atoms with Gasteiger partial charge in [-0.2, -0.15) is 0 Å². The summed E-state index contributed by atoms with van der Waals surface area (Å²) in [4.78, 5) is 14.7. The van der Waals surface area contributed by atoms with Gasteiger partial charge in [-0.25, -0.2) is 0 Å². The zero-order valence-electron chi connectivity index (χ0n) is 12.7. The van der Waals surface area contributed by atoms with Gasteiger partial charge < -0.3 is 15.3 Å². The Morgan fingerprint density at radius 2 is 1.95 bits per heavy atom. The highest BCUT2D eigenvalue weighted by atomic mass is 35.5. The molecule has 1 saturated carbocycles. The van der Waals surface area contributed by atoms with Crippen LogP contribution >= 0.6 is 11.6 Å². The third-order valence-electron chi connectivity index (χ3n) is 4.60. The van der Waals surface area contributed by atoms with E-state index in [0.717, 1.165) is 31.8 Å². The Morgan fingerprint density at radius 3 is 2.59 bits per heavy atom. The zero-order valence-corrected chi connectivity index (χ0v) is 13.4. The van der Waals surface area contributed by atoms with Gasteiger partial charge in [0, 0.05) is 36.3 Å². The molecule has 1 aromatic rings. The smallest absolute Gasteiger partial charge is 0.253 e. The highest BCUT2D eigenvalue weighted by Gasteiger charge is 2.28. The van der Waals surface area contributed by atoms with Crippen LogP contribution in [-0.4, -0.2) is 41.6 Å². The van der Waals surface area contributed by atoms with Gasteiger partial charge in [0.05, 0.1) is 0 Å². The van der Waals surface area contributed by atoms with Gasteiger partial charge >= 0.3 is 0 Å². The van der Waals surface area contributed by atoms with Crippen molar-refractivity contribution < 1.29 is 9.90 Å². The summed E-state index contributed by atoms with van der Waals surface area (Å²) in [7, 11) is 0. The van der Waals surface area contributed by atoms with Gasteiger partial charge in [0.15, 0.2) is 6.10 Å². The number of carbonyl (C=O) groups excluding carboxylic acids is 1. The topological polar surface area (TPSA) is 52.6 Å². The van der Waals surface area contributed by atoms with Crippen LogP contribution in [0.1, 0.15) is 37.4 Å². The van der Waals surface area contributed by atoms with E-state index in [0.29, 0.717) is 10.6 Å². The third-order valence-corrected chi connectivity index (χ3v) is 4.94. The number of aliphatic hydroxyl groups is 1. The molecule has 1 saturated heterocycles. The van der Waals surface area contributed by atoms with Crippen LogP contribution in [0.4, 0.5) is 0 Å². The fraction of sp³-hybridized carbons (Fsp3) is 0.588. The number of piperidine rings is 1. The lowest BCUT2D eigenvalue weighted by Crippen LogP contribution is -2.46. The Hall–Kier alpha value is -1.10. The van der Waals surface area contributed by atoms with Crippen molar-refractivity contribution in [1.29, 1.82) is 0 Å². The number of likely N-dealkylation sites (tertiary alicyclic amines) is 1. The molecule has 1 atom stereocenters. The predicted molar refractivity (Wildman–Crippen MR) is 86.7 cm³/mol. The number of carbonyl (C=O) groups is 1. The molecule has 1 aliphatic carbocycles. The van der Waals surface area contributed by atoms with Crippen LogP contribution in [0.15, 0.2) is 24.3 Å². The Labute approximate surface area is 136 Å². The Balaban J connectivity index is 1.48. The molecule has 0 spiro atoms. The third kappa shape index (κ3) is 4.00. The van der Waals surface area contributed by atoms with Gasteiger partial charge in [-0.1, -0.05) is 29.8 Å². The first-order valence-corrected chi connectivity index (χ1v) is 8.46. The Bertz CT molecular complexity index is 525. The summed E-state index contributed by atoms with van der Waals surface area (Å²) in [6.45, 7) is 3.27. The number of amides is 1. The fourth-order valence-corrected chi connectivity index (χ4v) is 3.28. The molecule has 0 aromatic heterocycles. The van der Waals surface area contributed by atoms with E-state index >= 15 is 0 Å². The average Bonchev–Trinajstić information content (AvgIpc) is 3.33. The highest BCUT2D eigenvalue weighted by Crippen LogP contribution is 2.30. The molecule has 5 heteroatoms. The minimum atomic E-state index is -1.20. The van der Waals surface area contributed by atoms with Crippen LogP contribution in [0.25, 0.3) is 0 Å². The van der Waals surface area contributed by atoms with E-state index < -0.39 is 6.10 Å². The molecule has 0 unspecified atom stereocenters. The summed E-state index contributed by atoms with van der Waals surface area (Å²) in [5.74, 6) is 0.557. The monoisotopic (exact) mass is 322 g/mol. The molecule has 2 N–H and O–H groups in total. The number of hydrogen-bond donors (Lipinski definition) is 2. The average molecular weight is 323 g/mol. The van der Waals surface area contributed by atoms with Gasteiger partial charge in [-0.15, -0.1) is 0 Å². The van der Waals surface area contributed by atoms with E-state index in [1.165, 1.54) is 19.4 Å². The number of aliphatic hydroxyl groups excluding tert-OH is 1. The van der Waals surface area contributed by atoms with Crippen molar-refractivity contribution in [3.8, 4) is 0 Å². The number of nitrogens with one attached hydrogen (secondary N) is 1. The van der Waals surface area contributed by atoms with Crippen molar-refractivity contribution in [3.63, 3.8) is 0 Å². The molecular weight excluding hydrogens is 300 g/mol. The van der Waals surface area contributed by atoms with E-state index in [-0.39, 0.29) is 11.9 Å². The number of benzene rings is 1. The molecule has 1 amide bonds. The second kappa shape index (κ2) is 6.99. The van der Waals surface area contributed by atoms with Crippen LogP contribution in [0.5, 0.6) is 0 Å². The molecule has 120 valence electrons. The molecule has 3 rings (SSSR count). The first-order chi connectivity index (χ1) is 10.6. The van der Waals surface area contributed by atoms with Gasteiger partial charge in [-0.3, -0.25) is 4.79 Å². The van der Waals surface area contributed by atoms with Crippen molar-refractivity contribution in [1.82, 2.24) is 10.2 Å². The highest BCUT2D eigenvalue weighted by molar-refractivity contribution is 6.31. The van der Waals surface area contributed by atoms with Crippen molar-refractivity contribution in [2.45, 2.75) is 37.8 Å². The Kier molecular flexibility index (Phi) is 5.01. The molecule has 1 heterocycles. The minimum absolute atomic E-state index is 0.153. The van der Waals surface area contributed by atoms with E-state index in [2.05, 4.69) is 10.2 Å². The summed E-state index contributed by atoms with van der Waals surface area (Å²) in [6, 6.07) is 7.08. The van der Waals surface area contributed by atoms with Crippen molar-refractivity contribution in [2.24, 2.45) is 5.92 Å². The lowest BCUT2D eigenvalue weighted by molar-refractivity contribution is -0.130.